The second kappa shape index (κ2) is 9.55. The molecule has 0 aliphatic heterocycles. The number of aromatic nitrogens is 4. The van der Waals surface area contributed by atoms with E-state index in [1.165, 1.54) is 0 Å². The van der Waals surface area contributed by atoms with Crippen LogP contribution in [-0.4, -0.2) is 37.4 Å². The summed E-state index contributed by atoms with van der Waals surface area (Å²) in [5.74, 6) is -0.434. The van der Waals surface area contributed by atoms with E-state index in [0.717, 1.165) is 28.7 Å². The highest BCUT2D eigenvalue weighted by Gasteiger charge is 2.19. The Morgan fingerprint density at radius 1 is 1.06 bits per heavy atom. The number of rotatable bonds is 8. The van der Waals surface area contributed by atoms with Crippen molar-refractivity contribution in [1.82, 2.24) is 19.7 Å². The number of nitrogens with one attached hydrogen (secondary N) is 1. The molecule has 0 fully saturated rings. The second-order valence-electron chi connectivity index (χ2n) is 7.98. The van der Waals surface area contributed by atoms with Gasteiger partial charge >= 0.3 is 10.8 Å². The SMILES string of the molecule is CCCOc1nc2cccc(C(=O)O)c2n1Cc1ccc(-c2ccccc2-c2nc(=S)o[nH]2)cc1. The Morgan fingerprint density at radius 3 is 2.51 bits per heavy atom. The van der Waals surface area contributed by atoms with Crippen LogP contribution < -0.4 is 4.74 Å². The number of benzene rings is 3. The van der Waals surface area contributed by atoms with Crippen molar-refractivity contribution >= 4 is 29.2 Å². The van der Waals surface area contributed by atoms with Crippen molar-refractivity contribution < 1.29 is 19.2 Å². The third-order valence-electron chi connectivity index (χ3n) is 5.62. The molecular formula is C26H22N4O4S. The standard InChI is InChI=1S/C26H22N4O4S/c1-2-14-33-25-27-21-9-5-8-20(24(31)32)22(21)30(25)15-16-10-12-17(13-11-16)18-6-3-4-7-19(18)23-28-26(35)34-29-23/h3-13H,2,14-15H2,1H3,(H,31,32)(H,28,29,35). The Bertz CT molecular complexity index is 1570. The number of aromatic carboxylic acids is 1. The van der Waals surface area contributed by atoms with Gasteiger partial charge in [-0.15, -0.1) is 0 Å². The van der Waals surface area contributed by atoms with E-state index >= 15 is 0 Å². The Labute approximate surface area is 205 Å². The predicted molar refractivity (Wildman–Crippen MR) is 134 cm³/mol. The number of ether oxygens (including phenoxy) is 1. The highest BCUT2D eigenvalue weighted by Crippen LogP contribution is 2.31. The topological polar surface area (TPSA) is 106 Å². The first-order chi connectivity index (χ1) is 17.0. The number of imidazole rings is 1. The molecule has 35 heavy (non-hydrogen) atoms. The van der Waals surface area contributed by atoms with Crippen LogP contribution in [0.15, 0.2) is 71.3 Å². The summed E-state index contributed by atoms with van der Waals surface area (Å²) >= 11 is 5.00. The van der Waals surface area contributed by atoms with Crippen LogP contribution in [0.5, 0.6) is 6.01 Å². The van der Waals surface area contributed by atoms with Crippen molar-refractivity contribution in [3.8, 4) is 28.5 Å². The van der Waals surface area contributed by atoms with E-state index in [-0.39, 0.29) is 10.4 Å². The Balaban J connectivity index is 1.52. The van der Waals surface area contributed by atoms with E-state index < -0.39 is 5.97 Å². The molecule has 0 saturated heterocycles. The van der Waals surface area contributed by atoms with Gasteiger partial charge in [-0.2, -0.15) is 9.97 Å². The summed E-state index contributed by atoms with van der Waals surface area (Å²) in [5, 5.41) is 12.5. The van der Waals surface area contributed by atoms with E-state index in [0.29, 0.717) is 36.0 Å². The molecule has 0 amide bonds. The fourth-order valence-electron chi connectivity index (χ4n) is 4.04. The summed E-state index contributed by atoms with van der Waals surface area (Å²) in [5.41, 5.74) is 5.16. The first-order valence-corrected chi connectivity index (χ1v) is 11.6. The van der Waals surface area contributed by atoms with E-state index in [9.17, 15) is 9.90 Å². The normalized spacial score (nSPS) is 11.1. The quantitative estimate of drug-likeness (QED) is 0.261. The Hall–Kier alpha value is -4.24. The van der Waals surface area contributed by atoms with Crippen LogP contribution in [0.4, 0.5) is 0 Å². The van der Waals surface area contributed by atoms with Crippen molar-refractivity contribution in [1.29, 1.82) is 0 Å². The van der Waals surface area contributed by atoms with E-state index in [4.69, 9.17) is 21.5 Å². The molecule has 0 spiro atoms. The van der Waals surface area contributed by atoms with Crippen LogP contribution in [0.3, 0.4) is 0 Å². The number of carbonyl (C=O) groups is 1. The third-order valence-corrected chi connectivity index (χ3v) is 5.80. The number of para-hydroxylation sites is 1. The molecule has 0 aliphatic carbocycles. The predicted octanol–water partition coefficient (Wildman–Crippen LogP) is 5.95. The van der Waals surface area contributed by atoms with Crippen molar-refractivity contribution in [3.05, 3.63) is 82.7 Å². The Morgan fingerprint density at radius 2 is 1.83 bits per heavy atom. The monoisotopic (exact) mass is 486 g/mol. The number of nitrogens with zero attached hydrogens (tertiary/aromatic N) is 3. The summed E-state index contributed by atoms with van der Waals surface area (Å²) in [4.78, 5) is 20.8. The first-order valence-electron chi connectivity index (χ1n) is 11.1. The van der Waals surface area contributed by atoms with Gasteiger partial charge in [-0.25, -0.2) is 9.95 Å². The average Bonchev–Trinajstić information content (AvgIpc) is 3.46. The summed E-state index contributed by atoms with van der Waals surface area (Å²) < 4.78 is 12.8. The summed E-state index contributed by atoms with van der Waals surface area (Å²) in [6, 6.07) is 21.4. The minimum Gasteiger partial charge on any atom is -0.478 e. The van der Waals surface area contributed by atoms with Gasteiger partial charge in [0.15, 0.2) is 5.82 Å². The van der Waals surface area contributed by atoms with Crippen molar-refractivity contribution in [2.24, 2.45) is 0 Å². The lowest BCUT2D eigenvalue weighted by atomic mass is 9.98. The van der Waals surface area contributed by atoms with Crippen LogP contribution in [0.25, 0.3) is 33.5 Å². The number of carboxylic acids is 1. The molecule has 2 N–H and O–H groups in total. The Kier molecular flexibility index (Phi) is 6.15. The zero-order valence-electron chi connectivity index (χ0n) is 18.9. The first kappa shape index (κ1) is 22.5. The molecule has 0 radical (unpaired) electrons. The smallest absolute Gasteiger partial charge is 0.337 e. The molecular weight excluding hydrogens is 464 g/mol. The second-order valence-corrected chi connectivity index (χ2v) is 8.33. The molecule has 5 aromatic rings. The van der Waals surface area contributed by atoms with Crippen LogP contribution in [0.1, 0.15) is 29.3 Å². The zero-order chi connectivity index (χ0) is 24.4. The average molecular weight is 487 g/mol. The number of hydrogen-bond acceptors (Lipinski definition) is 6. The van der Waals surface area contributed by atoms with E-state index in [2.05, 4.69) is 15.1 Å². The number of H-pyrrole nitrogens is 1. The maximum atomic E-state index is 11.9. The van der Waals surface area contributed by atoms with Crippen molar-refractivity contribution in [2.75, 3.05) is 6.61 Å². The molecule has 3 aromatic carbocycles. The minimum atomic E-state index is -1.00. The maximum Gasteiger partial charge on any atom is 0.337 e. The molecule has 176 valence electrons. The summed E-state index contributed by atoms with van der Waals surface area (Å²) in [6.07, 6.45) is 0.818. The van der Waals surface area contributed by atoms with Gasteiger partial charge in [-0.05, 0) is 47.5 Å². The van der Waals surface area contributed by atoms with Gasteiger partial charge in [0.05, 0.1) is 29.7 Å². The molecule has 2 heterocycles. The zero-order valence-corrected chi connectivity index (χ0v) is 19.7. The fraction of sp³-hybridized carbons (Fsp3) is 0.154. The van der Waals surface area contributed by atoms with Gasteiger partial charge in [0, 0.05) is 5.56 Å². The molecule has 8 nitrogen and oxygen atoms in total. The third kappa shape index (κ3) is 4.45. The van der Waals surface area contributed by atoms with Crippen LogP contribution in [0.2, 0.25) is 0 Å². The van der Waals surface area contributed by atoms with Crippen LogP contribution in [-0.2, 0) is 6.54 Å². The molecule has 5 rings (SSSR count). The highest BCUT2D eigenvalue weighted by molar-refractivity contribution is 7.71. The fourth-order valence-corrected chi connectivity index (χ4v) is 4.18. The van der Waals surface area contributed by atoms with Gasteiger partial charge < -0.3 is 14.4 Å². The number of fused-ring (bicyclic) bond motifs is 1. The molecule has 0 saturated carbocycles. The van der Waals surface area contributed by atoms with Gasteiger partial charge in [0.1, 0.15) is 0 Å². The number of carboxylic acid groups (broad SMARTS) is 1. The minimum absolute atomic E-state index is 0.152. The van der Waals surface area contributed by atoms with Gasteiger partial charge in [-0.1, -0.05) is 61.5 Å². The molecule has 0 aliphatic rings. The number of hydrogen-bond donors (Lipinski definition) is 2. The van der Waals surface area contributed by atoms with E-state index in [1.807, 2.05) is 60.0 Å². The molecule has 0 bridgehead atoms. The lowest BCUT2D eigenvalue weighted by Gasteiger charge is -2.12. The maximum absolute atomic E-state index is 11.9. The van der Waals surface area contributed by atoms with Crippen LogP contribution in [0, 0.1) is 4.84 Å². The summed E-state index contributed by atoms with van der Waals surface area (Å²) in [6.45, 7) is 2.92. The molecule has 0 atom stereocenters. The molecule has 2 aromatic heterocycles. The van der Waals surface area contributed by atoms with Gasteiger partial charge in [0.25, 0.3) is 6.01 Å². The van der Waals surface area contributed by atoms with Gasteiger partial charge in [-0.3, -0.25) is 4.57 Å². The molecule has 0 unspecified atom stereocenters. The van der Waals surface area contributed by atoms with Gasteiger partial charge in [0.2, 0.25) is 0 Å². The van der Waals surface area contributed by atoms with Crippen LogP contribution >= 0.6 is 12.2 Å². The highest BCUT2D eigenvalue weighted by atomic mass is 32.1. The van der Waals surface area contributed by atoms with Crippen molar-refractivity contribution in [2.45, 2.75) is 19.9 Å². The number of aromatic amines is 1. The summed E-state index contributed by atoms with van der Waals surface area (Å²) in [7, 11) is 0. The van der Waals surface area contributed by atoms with Crippen molar-refractivity contribution in [3.63, 3.8) is 0 Å². The lowest BCUT2D eigenvalue weighted by molar-refractivity contribution is 0.0698. The largest absolute Gasteiger partial charge is 0.478 e. The van der Waals surface area contributed by atoms with E-state index in [1.54, 1.807) is 18.2 Å². The molecule has 9 heteroatoms. The lowest BCUT2D eigenvalue weighted by Crippen LogP contribution is -2.08.